The molecular formula is C21H24N4O5. The van der Waals surface area contributed by atoms with E-state index in [4.69, 9.17) is 14.7 Å². The number of hydrogen-bond acceptors (Lipinski definition) is 8. The molecule has 1 amide bonds. The van der Waals surface area contributed by atoms with E-state index in [1.165, 1.54) is 6.21 Å². The van der Waals surface area contributed by atoms with E-state index in [0.29, 0.717) is 10.6 Å². The van der Waals surface area contributed by atoms with E-state index in [9.17, 15) is 14.4 Å². The van der Waals surface area contributed by atoms with Gasteiger partial charge in [-0.1, -0.05) is 30.3 Å². The lowest BCUT2D eigenvalue weighted by atomic mass is 10.1. The summed E-state index contributed by atoms with van der Waals surface area (Å²) in [6.07, 6.45) is 0.742. The molecule has 0 saturated carbocycles. The molecule has 0 bridgehead atoms. The Morgan fingerprint density at radius 1 is 1.17 bits per heavy atom. The van der Waals surface area contributed by atoms with E-state index in [1.807, 2.05) is 0 Å². The highest BCUT2D eigenvalue weighted by Crippen LogP contribution is 2.16. The summed E-state index contributed by atoms with van der Waals surface area (Å²) in [5, 5.41) is 13.7. The Bertz CT molecular complexity index is 904. The Labute approximate surface area is 175 Å². The van der Waals surface area contributed by atoms with E-state index >= 15 is 0 Å². The molecule has 0 aliphatic rings. The number of aliphatic imine (C=N–C) groups is 1. The number of hydrazone groups is 1. The summed E-state index contributed by atoms with van der Waals surface area (Å²) >= 11 is 0. The minimum atomic E-state index is -1.64. The summed E-state index contributed by atoms with van der Waals surface area (Å²) in [7, 11) is 2.21. The monoisotopic (exact) mass is 412 g/mol. The maximum absolute atomic E-state index is 12.6. The Morgan fingerprint density at radius 2 is 1.80 bits per heavy atom. The van der Waals surface area contributed by atoms with Crippen LogP contribution in [0, 0.1) is 11.3 Å². The highest BCUT2D eigenvalue weighted by Gasteiger charge is 2.38. The first-order valence-corrected chi connectivity index (χ1v) is 8.93. The van der Waals surface area contributed by atoms with Crippen LogP contribution in [0.3, 0.4) is 0 Å². The van der Waals surface area contributed by atoms with Crippen LogP contribution in [-0.2, 0) is 23.9 Å². The molecule has 1 atom stereocenters. The van der Waals surface area contributed by atoms with Gasteiger partial charge in [-0.25, -0.2) is 19.6 Å². The van der Waals surface area contributed by atoms with Gasteiger partial charge in [0.05, 0.1) is 32.0 Å². The van der Waals surface area contributed by atoms with E-state index in [2.05, 4.69) is 16.0 Å². The summed E-state index contributed by atoms with van der Waals surface area (Å²) in [5.41, 5.74) is -0.382. The molecule has 9 heteroatoms. The minimum Gasteiger partial charge on any atom is -0.467 e. The summed E-state index contributed by atoms with van der Waals surface area (Å²) < 4.78 is 9.53. The zero-order valence-corrected chi connectivity index (χ0v) is 17.6. The van der Waals surface area contributed by atoms with Crippen molar-refractivity contribution in [3.63, 3.8) is 0 Å². The Hall–Kier alpha value is -3.76. The van der Waals surface area contributed by atoms with Crippen molar-refractivity contribution < 1.29 is 23.9 Å². The second-order valence-electron chi connectivity index (χ2n) is 6.95. The number of carbonyl (C=O) groups excluding carboxylic acids is 3. The number of rotatable bonds is 7. The second-order valence-corrected chi connectivity index (χ2v) is 6.95. The number of ether oxygens (including phenoxy) is 2. The van der Waals surface area contributed by atoms with Crippen LogP contribution in [0.4, 0.5) is 0 Å². The number of nitrogens with zero attached hydrogens (tertiary/aromatic N) is 4. The maximum atomic E-state index is 12.6. The second kappa shape index (κ2) is 11.3. The molecule has 0 N–H and O–H groups in total. The fourth-order valence-corrected chi connectivity index (χ4v) is 2.10. The van der Waals surface area contributed by atoms with Crippen LogP contribution in [0.5, 0.6) is 0 Å². The number of carbonyl (C=O) groups is 3. The van der Waals surface area contributed by atoms with Gasteiger partial charge in [-0.3, -0.25) is 4.79 Å². The summed E-state index contributed by atoms with van der Waals surface area (Å²) in [5.74, 6) is -0.214. The van der Waals surface area contributed by atoms with E-state index in [-0.39, 0.29) is 5.57 Å². The largest absolute Gasteiger partial charge is 0.467 e. The molecule has 0 aliphatic heterocycles. The molecule has 0 aromatic heterocycles. The van der Waals surface area contributed by atoms with Gasteiger partial charge in [-0.15, -0.1) is 0 Å². The maximum Gasteiger partial charge on any atom is 0.346 e. The molecule has 0 heterocycles. The van der Waals surface area contributed by atoms with Crippen LogP contribution in [0.15, 0.2) is 46.0 Å². The van der Waals surface area contributed by atoms with Gasteiger partial charge in [0.1, 0.15) is 12.0 Å². The van der Waals surface area contributed by atoms with Gasteiger partial charge in [0.2, 0.25) is 0 Å². The zero-order valence-electron chi connectivity index (χ0n) is 17.6. The predicted molar refractivity (Wildman–Crippen MR) is 110 cm³/mol. The van der Waals surface area contributed by atoms with Crippen molar-refractivity contribution in [2.45, 2.75) is 38.8 Å². The summed E-state index contributed by atoms with van der Waals surface area (Å²) in [6, 6.07) is 8.83. The third-order valence-electron chi connectivity index (χ3n) is 3.48. The molecule has 0 fully saturated rings. The molecule has 0 saturated heterocycles. The van der Waals surface area contributed by atoms with Gasteiger partial charge >= 0.3 is 11.9 Å². The van der Waals surface area contributed by atoms with Gasteiger partial charge < -0.3 is 9.47 Å². The first kappa shape index (κ1) is 24.3. The Kier molecular flexibility index (Phi) is 9.14. The highest BCUT2D eigenvalue weighted by atomic mass is 16.5. The van der Waals surface area contributed by atoms with Crippen molar-refractivity contribution >= 4 is 29.9 Å². The van der Waals surface area contributed by atoms with Crippen LogP contribution in [0.2, 0.25) is 0 Å². The number of esters is 2. The van der Waals surface area contributed by atoms with Gasteiger partial charge in [-0.2, -0.15) is 10.4 Å². The number of amides is 1. The van der Waals surface area contributed by atoms with Gasteiger partial charge in [-0.05, 0) is 32.2 Å². The average molecular weight is 412 g/mol. The molecule has 1 rings (SSSR count). The number of hydrogen-bond donors (Lipinski definition) is 0. The molecular weight excluding hydrogens is 388 g/mol. The zero-order chi connectivity index (χ0) is 22.7. The summed E-state index contributed by atoms with van der Waals surface area (Å²) in [4.78, 5) is 41.7. The third kappa shape index (κ3) is 7.34. The molecule has 1 aromatic carbocycles. The van der Waals surface area contributed by atoms with Crippen LogP contribution in [0.1, 0.15) is 32.8 Å². The van der Waals surface area contributed by atoms with E-state index in [1.54, 1.807) is 57.2 Å². The van der Waals surface area contributed by atoms with Crippen molar-refractivity contribution in [3.05, 3.63) is 41.5 Å². The van der Waals surface area contributed by atoms with Crippen LogP contribution < -0.4 is 0 Å². The molecule has 0 spiro atoms. The normalized spacial score (nSPS) is 11.6. The van der Waals surface area contributed by atoms with Gasteiger partial charge in [0.25, 0.3) is 5.91 Å². The topological polar surface area (TPSA) is 121 Å². The molecule has 0 aliphatic carbocycles. The van der Waals surface area contributed by atoms with E-state index in [0.717, 1.165) is 14.2 Å². The minimum absolute atomic E-state index is 0.379. The lowest BCUT2D eigenvalue weighted by Crippen LogP contribution is -2.46. The van der Waals surface area contributed by atoms with Crippen molar-refractivity contribution in [2.24, 2.45) is 10.1 Å². The molecule has 30 heavy (non-hydrogen) atoms. The third-order valence-corrected chi connectivity index (χ3v) is 3.48. The quantitative estimate of drug-likeness (QED) is 0.292. The van der Waals surface area contributed by atoms with Crippen molar-refractivity contribution in [2.75, 3.05) is 14.2 Å². The van der Waals surface area contributed by atoms with Gasteiger partial charge in [0.15, 0.2) is 6.04 Å². The first-order chi connectivity index (χ1) is 14.1. The first-order valence-electron chi connectivity index (χ1n) is 8.93. The average Bonchev–Trinajstić information content (AvgIpc) is 2.71. The predicted octanol–water partition coefficient (Wildman–Crippen LogP) is 1.87. The number of nitriles is 1. The molecule has 0 radical (unpaired) electrons. The van der Waals surface area contributed by atoms with Crippen LogP contribution >= 0.6 is 0 Å². The van der Waals surface area contributed by atoms with E-state index < -0.39 is 35.8 Å². The van der Waals surface area contributed by atoms with Crippen molar-refractivity contribution in [1.29, 1.82) is 5.26 Å². The Balaban J connectivity index is 3.65. The number of benzene rings is 1. The molecule has 9 nitrogen and oxygen atoms in total. The molecule has 158 valence electrons. The summed E-state index contributed by atoms with van der Waals surface area (Å²) in [6.45, 7) is 5.27. The van der Waals surface area contributed by atoms with Crippen molar-refractivity contribution in [3.8, 4) is 6.07 Å². The number of methoxy groups -OCH3 is 2. The van der Waals surface area contributed by atoms with Crippen molar-refractivity contribution in [1.82, 2.24) is 5.01 Å². The molecule has 1 aromatic rings. The van der Waals surface area contributed by atoms with Crippen LogP contribution in [-0.4, -0.2) is 60.7 Å². The van der Waals surface area contributed by atoms with Gasteiger partial charge in [0, 0.05) is 0 Å². The smallest absolute Gasteiger partial charge is 0.346 e. The molecule has 1 unspecified atom stereocenters. The van der Waals surface area contributed by atoms with Crippen LogP contribution in [0.25, 0.3) is 0 Å². The lowest BCUT2D eigenvalue weighted by Gasteiger charge is -2.24. The highest BCUT2D eigenvalue weighted by molar-refractivity contribution is 6.06. The fraction of sp³-hybridized carbons (Fsp3) is 0.381. The fourth-order valence-electron chi connectivity index (χ4n) is 2.10. The Morgan fingerprint density at radius 3 is 2.30 bits per heavy atom. The lowest BCUT2D eigenvalue weighted by molar-refractivity contribution is -0.153. The standard InChI is InChI=1S/C21H24N4O5/c1-21(2,3)23-14-16(19(27)29-4)18(20(28)30-5)25(17(26)11-12-22)24-13-15-9-7-6-8-10-15/h6-10,13,18H,11H2,1-5H3/b24-13+. The SMILES string of the molecule is COC(=O)C(=C=NC(C)(C)C)C(C(=O)OC)N(/N=C/c1ccccc1)C(=O)CC#N.